The number of nitrogens with zero attached hydrogens (tertiary/aromatic N) is 1. The molecule has 0 aromatic carbocycles. The predicted octanol–water partition coefficient (Wildman–Crippen LogP) is 3.25. The smallest absolute Gasteiger partial charge is 0.135 e. The van der Waals surface area contributed by atoms with Crippen molar-refractivity contribution in [3.63, 3.8) is 0 Å². The van der Waals surface area contributed by atoms with Crippen LogP contribution < -0.4 is 0 Å². The van der Waals surface area contributed by atoms with Crippen molar-refractivity contribution >= 4 is 5.78 Å². The first kappa shape index (κ1) is 13.7. The van der Waals surface area contributed by atoms with E-state index in [0.717, 1.165) is 19.4 Å². The zero-order valence-corrected chi connectivity index (χ0v) is 11.8. The molecule has 0 N–H and O–H groups in total. The first-order valence-corrected chi connectivity index (χ1v) is 6.40. The van der Waals surface area contributed by atoms with Gasteiger partial charge in [-0.2, -0.15) is 0 Å². The van der Waals surface area contributed by atoms with Crippen LogP contribution in [0, 0.1) is 5.41 Å². The van der Waals surface area contributed by atoms with Crippen molar-refractivity contribution in [1.82, 2.24) is 4.90 Å². The van der Waals surface area contributed by atoms with E-state index in [-0.39, 0.29) is 5.54 Å². The summed E-state index contributed by atoms with van der Waals surface area (Å²) in [5.41, 5.74) is 0.531. The maximum Gasteiger partial charge on any atom is 0.135 e. The van der Waals surface area contributed by atoms with E-state index >= 15 is 0 Å². The Morgan fingerprint density at radius 3 is 2.25 bits per heavy atom. The Hall–Kier alpha value is -0.370. The molecule has 94 valence electrons. The zero-order chi connectivity index (χ0) is 12.6. The monoisotopic (exact) mass is 225 g/mol. The molecule has 0 aromatic rings. The molecule has 16 heavy (non-hydrogen) atoms. The van der Waals surface area contributed by atoms with Crippen molar-refractivity contribution in [3.8, 4) is 0 Å². The van der Waals surface area contributed by atoms with E-state index in [9.17, 15) is 4.79 Å². The number of carbonyl (C=O) groups is 1. The summed E-state index contributed by atoms with van der Waals surface area (Å²) in [4.78, 5) is 13.9. The van der Waals surface area contributed by atoms with E-state index in [1.165, 1.54) is 6.42 Å². The van der Waals surface area contributed by atoms with Crippen LogP contribution in [0.25, 0.3) is 0 Å². The minimum atomic E-state index is 0.193. The molecule has 1 heterocycles. The first-order chi connectivity index (χ1) is 7.12. The molecule has 2 heteroatoms. The van der Waals surface area contributed by atoms with Crippen molar-refractivity contribution in [3.05, 3.63) is 0 Å². The van der Waals surface area contributed by atoms with E-state index in [4.69, 9.17) is 0 Å². The lowest BCUT2D eigenvalue weighted by atomic mass is 9.79. The van der Waals surface area contributed by atoms with Crippen LogP contribution in [0.4, 0.5) is 0 Å². The third-order valence-corrected chi connectivity index (χ3v) is 3.43. The molecule has 0 saturated carbocycles. The summed E-state index contributed by atoms with van der Waals surface area (Å²) in [7, 11) is 0. The van der Waals surface area contributed by atoms with Crippen LogP contribution in [0.3, 0.4) is 0 Å². The number of piperidine rings is 1. The second-order valence-electron chi connectivity index (χ2n) is 7.09. The number of ketones is 1. The molecule has 1 fully saturated rings. The van der Waals surface area contributed by atoms with Gasteiger partial charge >= 0.3 is 0 Å². The second-order valence-corrected chi connectivity index (χ2v) is 7.09. The van der Waals surface area contributed by atoms with E-state index in [0.29, 0.717) is 17.2 Å². The zero-order valence-electron chi connectivity index (χ0n) is 11.8. The highest BCUT2D eigenvalue weighted by Gasteiger charge is 2.36. The normalized spacial score (nSPS) is 24.9. The molecule has 2 nitrogen and oxygen atoms in total. The number of likely N-dealkylation sites (tertiary alicyclic amines) is 1. The van der Waals surface area contributed by atoms with Crippen molar-refractivity contribution in [2.45, 2.75) is 72.4 Å². The van der Waals surface area contributed by atoms with Gasteiger partial charge < -0.3 is 0 Å². The summed E-state index contributed by atoms with van der Waals surface area (Å²) in [5, 5.41) is 0. The predicted molar refractivity (Wildman–Crippen MR) is 68.6 cm³/mol. The molecular formula is C14H27NO. The maximum atomic E-state index is 11.4. The van der Waals surface area contributed by atoms with Crippen molar-refractivity contribution in [2.24, 2.45) is 5.41 Å². The molecule has 1 unspecified atom stereocenters. The van der Waals surface area contributed by atoms with E-state index in [2.05, 4.69) is 46.4 Å². The first-order valence-electron chi connectivity index (χ1n) is 6.40. The Morgan fingerprint density at radius 1 is 1.25 bits per heavy atom. The van der Waals surface area contributed by atoms with Gasteiger partial charge in [0.15, 0.2) is 0 Å². The average Bonchev–Trinajstić information content (AvgIpc) is 1.97. The Labute approximate surface area is 100 Å². The highest BCUT2D eigenvalue weighted by atomic mass is 16.1. The van der Waals surface area contributed by atoms with Crippen LogP contribution in [-0.2, 0) is 4.79 Å². The van der Waals surface area contributed by atoms with Gasteiger partial charge in [0, 0.05) is 31.0 Å². The van der Waals surface area contributed by atoms with E-state index < -0.39 is 0 Å². The largest absolute Gasteiger partial charge is 0.300 e. The van der Waals surface area contributed by atoms with Gasteiger partial charge in [-0.15, -0.1) is 0 Å². The molecule has 0 amide bonds. The summed E-state index contributed by atoms with van der Waals surface area (Å²) in [5.74, 6) is 0.426. The maximum absolute atomic E-state index is 11.4. The molecule has 1 atom stereocenters. The highest BCUT2D eigenvalue weighted by molar-refractivity contribution is 5.79. The van der Waals surface area contributed by atoms with Gasteiger partial charge in [-0.1, -0.05) is 20.8 Å². The third kappa shape index (κ3) is 3.58. The van der Waals surface area contributed by atoms with Gasteiger partial charge in [-0.25, -0.2) is 0 Å². The van der Waals surface area contributed by atoms with Crippen LogP contribution in [0.5, 0.6) is 0 Å². The molecule has 1 saturated heterocycles. The van der Waals surface area contributed by atoms with Crippen molar-refractivity contribution in [2.75, 3.05) is 6.54 Å². The fourth-order valence-electron chi connectivity index (χ4n) is 3.31. The Bertz CT molecular complexity index is 262. The summed E-state index contributed by atoms with van der Waals surface area (Å²) in [6, 6.07) is 0.401. The SMILES string of the molecule is CC1CC(=O)CCN1C(C)(C)CC(C)(C)C. The third-order valence-electron chi connectivity index (χ3n) is 3.43. The summed E-state index contributed by atoms with van der Waals surface area (Å²) >= 11 is 0. The fraction of sp³-hybridized carbons (Fsp3) is 0.929. The number of rotatable bonds is 2. The Kier molecular flexibility index (Phi) is 3.83. The van der Waals surface area contributed by atoms with Crippen LogP contribution >= 0.6 is 0 Å². The molecule has 0 radical (unpaired) electrons. The minimum Gasteiger partial charge on any atom is -0.300 e. The van der Waals surface area contributed by atoms with Crippen LogP contribution in [0.2, 0.25) is 0 Å². The summed E-state index contributed by atoms with van der Waals surface area (Å²) in [6.07, 6.45) is 2.63. The van der Waals surface area contributed by atoms with Gasteiger partial charge in [0.2, 0.25) is 0 Å². The quantitative estimate of drug-likeness (QED) is 0.719. The molecule has 0 spiro atoms. The highest BCUT2D eigenvalue weighted by Crippen LogP contribution is 2.34. The summed E-state index contributed by atoms with van der Waals surface area (Å²) < 4.78 is 0. The van der Waals surface area contributed by atoms with Crippen LogP contribution in [0.1, 0.15) is 60.8 Å². The van der Waals surface area contributed by atoms with Gasteiger partial charge in [-0.3, -0.25) is 9.69 Å². The lowest BCUT2D eigenvalue weighted by molar-refractivity contribution is -0.125. The standard InChI is InChI=1S/C14H27NO/c1-11-9-12(16)7-8-15(11)14(5,6)10-13(2,3)4/h11H,7-10H2,1-6H3. The van der Waals surface area contributed by atoms with Crippen molar-refractivity contribution in [1.29, 1.82) is 0 Å². The average molecular weight is 225 g/mol. The lowest BCUT2D eigenvalue weighted by Crippen LogP contribution is -2.54. The fourth-order valence-corrected chi connectivity index (χ4v) is 3.31. The van der Waals surface area contributed by atoms with Crippen LogP contribution in [-0.4, -0.2) is 28.8 Å². The molecule has 1 aliphatic heterocycles. The number of hydrogen-bond donors (Lipinski definition) is 0. The molecule has 1 aliphatic rings. The molecule has 1 rings (SSSR count). The number of hydrogen-bond acceptors (Lipinski definition) is 2. The molecular weight excluding hydrogens is 198 g/mol. The van der Waals surface area contributed by atoms with Gasteiger partial charge in [0.25, 0.3) is 0 Å². The van der Waals surface area contributed by atoms with E-state index in [1.54, 1.807) is 0 Å². The molecule has 0 aromatic heterocycles. The van der Waals surface area contributed by atoms with E-state index in [1.807, 2.05) is 0 Å². The topological polar surface area (TPSA) is 20.3 Å². The lowest BCUT2D eigenvalue weighted by Gasteiger charge is -2.47. The number of carbonyl (C=O) groups excluding carboxylic acids is 1. The molecule has 0 aliphatic carbocycles. The Balaban J connectivity index is 2.71. The van der Waals surface area contributed by atoms with Gasteiger partial charge in [0.1, 0.15) is 5.78 Å². The minimum absolute atomic E-state index is 0.193. The van der Waals surface area contributed by atoms with Gasteiger partial charge in [-0.05, 0) is 32.6 Å². The summed E-state index contributed by atoms with van der Waals surface area (Å²) in [6.45, 7) is 14.6. The van der Waals surface area contributed by atoms with Crippen LogP contribution in [0.15, 0.2) is 0 Å². The van der Waals surface area contributed by atoms with Crippen molar-refractivity contribution < 1.29 is 4.79 Å². The number of Topliss-reactive ketones (excluding diaryl/α,β-unsaturated/α-hetero) is 1. The Morgan fingerprint density at radius 2 is 1.81 bits per heavy atom. The molecule has 0 bridgehead atoms. The van der Waals surface area contributed by atoms with Gasteiger partial charge in [0.05, 0.1) is 0 Å². The second kappa shape index (κ2) is 4.48.